The molecular weight excluding hydrogens is 440 g/mol. The van der Waals surface area contributed by atoms with Gasteiger partial charge < -0.3 is 19.0 Å². The second-order valence-electron chi connectivity index (χ2n) is 10.1. The van der Waals surface area contributed by atoms with Crippen LogP contribution in [0.4, 0.5) is 17.6 Å². The molecule has 1 saturated heterocycles. The van der Waals surface area contributed by atoms with E-state index in [4.69, 9.17) is 9.16 Å². The van der Waals surface area contributed by atoms with Crippen LogP contribution in [0, 0.1) is 0 Å². The molecule has 4 unspecified atom stereocenters. The van der Waals surface area contributed by atoms with Crippen molar-refractivity contribution in [1.82, 2.24) is 0 Å². The summed E-state index contributed by atoms with van der Waals surface area (Å²) >= 11 is 0. The van der Waals surface area contributed by atoms with Crippen molar-refractivity contribution in [3.8, 4) is 0 Å². The predicted octanol–water partition coefficient (Wildman–Crippen LogP) is 4.63. The number of halogens is 4. The highest BCUT2D eigenvalue weighted by atomic mass is 29.6. The van der Waals surface area contributed by atoms with Crippen molar-refractivity contribution in [2.45, 2.75) is 95.8 Å². The van der Waals surface area contributed by atoms with Crippen molar-refractivity contribution in [2.75, 3.05) is 19.8 Å². The lowest BCUT2D eigenvalue weighted by molar-refractivity contribution is -0.147. The molecule has 1 aliphatic heterocycles. The standard InChI is InChI=1S/C18H38F4O4Si3/c1-18(2)13-27(3,4)28(5,6)29(7,26-18)10-8-9-24-11-14(23)12-25-17(22)15(19)16(20)21/h14-17,23H,8-13H2,1-7H3. The van der Waals surface area contributed by atoms with Crippen molar-refractivity contribution >= 4 is 22.5 Å². The molecule has 174 valence electrons. The molecule has 1 aliphatic rings. The molecule has 1 fully saturated rings. The third-order valence-electron chi connectivity index (χ3n) is 6.57. The number of alkyl halides is 4. The Morgan fingerprint density at radius 3 is 2.17 bits per heavy atom. The molecule has 29 heavy (non-hydrogen) atoms. The molecule has 0 aromatic heterocycles. The Hall–Kier alpha value is 0.211. The Labute approximate surface area is 175 Å². The van der Waals surface area contributed by atoms with Crippen LogP contribution >= 0.6 is 0 Å². The largest absolute Gasteiger partial charge is 0.415 e. The van der Waals surface area contributed by atoms with Gasteiger partial charge in [-0.3, -0.25) is 0 Å². The van der Waals surface area contributed by atoms with Gasteiger partial charge in [-0.1, -0.05) is 26.2 Å². The number of aliphatic hydroxyl groups is 1. The molecule has 1 heterocycles. The van der Waals surface area contributed by atoms with Crippen LogP contribution in [0.2, 0.25) is 44.8 Å². The summed E-state index contributed by atoms with van der Waals surface area (Å²) in [5.41, 5.74) is -0.0803. The van der Waals surface area contributed by atoms with Crippen LogP contribution in [0.5, 0.6) is 0 Å². The summed E-state index contributed by atoms with van der Waals surface area (Å²) in [7, 11) is -4.75. The fourth-order valence-electron chi connectivity index (χ4n) is 4.33. The van der Waals surface area contributed by atoms with Crippen LogP contribution in [0.15, 0.2) is 0 Å². The quantitative estimate of drug-likeness (QED) is 0.267. The molecule has 11 heteroatoms. The fraction of sp³-hybridized carbons (Fsp3) is 1.00. The topological polar surface area (TPSA) is 47.9 Å². The molecule has 0 aromatic carbocycles. The van der Waals surface area contributed by atoms with Gasteiger partial charge in [0, 0.05) is 19.8 Å². The number of hydrogen-bond acceptors (Lipinski definition) is 4. The minimum atomic E-state index is -3.46. The van der Waals surface area contributed by atoms with Gasteiger partial charge in [0.15, 0.2) is 7.83 Å². The summed E-state index contributed by atoms with van der Waals surface area (Å²) in [5.74, 6) is 0. The van der Waals surface area contributed by atoms with E-state index in [1.54, 1.807) is 0 Å². The molecule has 4 atom stereocenters. The highest BCUT2D eigenvalue weighted by Crippen LogP contribution is 2.45. The first-order chi connectivity index (χ1) is 13.0. The van der Waals surface area contributed by atoms with E-state index in [1.165, 1.54) is 6.04 Å². The van der Waals surface area contributed by atoms with Crippen molar-refractivity contribution in [3.63, 3.8) is 0 Å². The Balaban J connectivity index is 2.41. The van der Waals surface area contributed by atoms with E-state index in [2.05, 4.69) is 51.3 Å². The zero-order valence-electron chi connectivity index (χ0n) is 18.7. The van der Waals surface area contributed by atoms with Gasteiger partial charge in [0.1, 0.15) is 6.10 Å². The molecule has 0 spiro atoms. The van der Waals surface area contributed by atoms with E-state index in [0.717, 1.165) is 12.5 Å². The van der Waals surface area contributed by atoms with E-state index < -0.39 is 54.2 Å². The predicted molar refractivity (Wildman–Crippen MR) is 115 cm³/mol. The zero-order chi connectivity index (χ0) is 22.7. The molecular formula is C18H38F4O4Si3. The highest BCUT2D eigenvalue weighted by molar-refractivity contribution is 7.67. The summed E-state index contributed by atoms with van der Waals surface area (Å²) in [4.78, 5) is 0. The van der Waals surface area contributed by atoms with Crippen LogP contribution < -0.4 is 0 Å². The third-order valence-corrected chi connectivity index (χ3v) is 47.2. The fourth-order valence-corrected chi connectivity index (χ4v) is 37.8. The van der Waals surface area contributed by atoms with Crippen molar-refractivity contribution < 1.29 is 36.6 Å². The van der Waals surface area contributed by atoms with E-state index in [-0.39, 0.29) is 12.2 Å². The maximum Gasteiger partial charge on any atom is 0.274 e. The lowest BCUT2D eigenvalue weighted by Crippen LogP contribution is -2.78. The molecule has 1 rings (SSSR count). The van der Waals surface area contributed by atoms with Crippen LogP contribution in [0.3, 0.4) is 0 Å². The van der Waals surface area contributed by atoms with Crippen LogP contribution in [0.1, 0.15) is 20.3 Å². The molecule has 0 aliphatic carbocycles. The van der Waals surface area contributed by atoms with Gasteiger partial charge in [-0.25, -0.2) is 17.6 Å². The maximum absolute atomic E-state index is 13.1. The summed E-state index contributed by atoms with van der Waals surface area (Å²) in [5, 5.41) is 9.71. The Morgan fingerprint density at radius 2 is 1.62 bits per heavy atom. The Bertz CT molecular complexity index is 525. The van der Waals surface area contributed by atoms with Crippen molar-refractivity contribution in [3.05, 3.63) is 0 Å². The van der Waals surface area contributed by atoms with E-state index in [0.29, 0.717) is 6.61 Å². The number of ether oxygens (including phenoxy) is 2. The van der Waals surface area contributed by atoms with Crippen LogP contribution in [-0.4, -0.2) is 78.1 Å². The first-order valence-corrected chi connectivity index (χ1v) is 21.0. The van der Waals surface area contributed by atoms with Crippen LogP contribution in [0.25, 0.3) is 0 Å². The van der Waals surface area contributed by atoms with Gasteiger partial charge in [0.25, 0.3) is 6.43 Å². The second-order valence-corrected chi connectivity index (χ2v) is 36.8. The number of aliphatic hydroxyl groups excluding tert-OH is 1. The van der Waals surface area contributed by atoms with E-state index in [9.17, 15) is 22.7 Å². The molecule has 0 bridgehead atoms. The molecule has 0 aromatic rings. The summed E-state index contributed by atoms with van der Waals surface area (Å²) in [6, 6.07) is 2.18. The van der Waals surface area contributed by atoms with Crippen molar-refractivity contribution in [2.24, 2.45) is 0 Å². The summed E-state index contributed by atoms with van der Waals surface area (Å²) in [6.45, 7) is 16.4. The van der Waals surface area contributed by atoms with Gasteiger partial charge >= 0.3 is 0 Å². The molecule has 0 amide bonds. The van der Waals surface area contributed by atoms with Crippen LogP contribution in [-0.2, 0) is 13.9 Å². The van der Waals surface area contributed by atoms with E-state index >= 15 is 0 Å². The number of hydrogen-bond donors (Lipinski definition) is 1. The molecule has 1 N–H and O–H groups in total. The maximum atomic E-state index is 13.1. The minimum absolute atomic E-state index is 0.0803. The average molecular weight is 479 g/mol. The first kappa shape index (κ1) is 27.2. The first-order valence-electron chi connectivity index (χ1n) is 10.2. The van der Waals surface area contributed by atoms with Gasteiger partial charge in [0.2, 0.25) is 12.5 Å². The SMILES string of the molecule is CC1(C)C[Si](C)(C)[Si](C)(C)[Si](C)(CCCOCC(O)COC(F)C(F)C(F)F)O1. The normalized spacial score (nSPS) is 28.9. The summed E-state index contributed by atoms with van der Waals surface area (Å²) in [6.07, 6.45) is -9.64. The monoisotopic (exact) mass is 478 g/mol. The van der Waals surface area contributed by atoms with Gasteiger partial charge in [0.05, 0.1) is 20.3 Å². The van der Waals surface area contributed by atoms with Gasteiger partial charge in [-0.05, 0) is 38.9 Å². The smallest absolute Gasteiger partial charge is 0.274 e. The third kappa shape index (κ3) is 7.11. The zero-order valence-corrected chi connectivity index (χ0v) is 21.7. The second kappa shape index (κ2) is 10.2. The average Bonchev–Trinajstić information content (AvgIpc) is 2.55. The molecule has 0 radical (unpaired) electrons. The highest BCUT2D eigenvalue weighted by Gasteiger charge is 2.62. The van der Waals surface area contributed by atoms with E-state index in [1.807, 2.05) is 0 Å². The van der Waals surface area contributed by atoms with Crippen molar-refractivity contribution in [1.29, 1.82) is 0 Å². The Kier molecular flexibility index (Phi) is 9.60. The minimum Gasteiger partial charge on any atom is -0.415 e. The molecule has 4 nitrogen and oxygen atoms in total. The van der Waals surface area contributed by atoms with Gasteiger partial charge in [-0.2, -0.15) is 0 Å². The summed E-state index contributed by atoms with van der Waals surface area (Å²) < 4.78 is 66.4. The Morgan fingerprint density at radius 1 is 1.03 bits per heavy atom. The van der Waals surface area contributed by atoms with Gasteiger partial charge in [-0.15, -0.1) is 0 Å². The lowest BCUT2D eigenvalue weighted by Gasteiger charge is -2.59. The lowest BCUT2D eigenvalue weighted by atomic mass is 10.2. The molecule has 0 saturated carbocycles. The number of rotatable bonds is 11.